The van der Waals surface area contributed by atoms with Gasteiger partial charge in [-0.05, 0) is 56.2 Å². The van der Waals surface area contributed by atoms with Gasteiger partial charge in [0.2, 0.25) is 17.7 Å². The molecule has 0 aliphatic heterocycles. The largest absolute Gasteiger partial charge is 0.352 e. The predicted octanol–water partition coefficient (Wildman–Crippen LogP) is 2.91. The zero-order valence-electron chi connectivity index (χ0n) is 18.5. The van der Waals surface area contributed by atoms with Crippen molar-refractivity contribution in [2.24, 2.45) is 0 Å². The van der Waals surface area contributed by atoms with Crippen molar-refractivity contribution in [1.29, 1.82) is 0 Å². The molecule has 9 heteroatoms. The van der Waals surface area contributed by atoms with E-state index in [4.69, 9.17) is 0 Å². The SMILES string of the molecule is Cc1ccc(NC(=O)CS(=O)CC(=O)N(CC(=O)NC2CCCC2)c2ccc(F)cc2)cc1. The summed E-state index contributed by atoms with van der Waals surface area (Å²) >= 11 is 0. The molecule has 0 bridgehead atoms. The van der Waals surface area contributed by atoms with Crippen LogP contribution in [0.25, 0.3) is 0 Å². The van der Waals surface area contributed by atoms with Crippen molar-refractivity contribution in [3.63, 3.8) is 0 Å². The lowest BCUT2D eigenvalue weighted by Crippen LogP contribution is -2.45. The van der Waals surface area contributed by atoms with Gasteiger partial charge < -0.3 is 15.5 Å². The average molecular weight is 474 g/mol. The Balaban J connectivity index is 1.61. The number of rotatable bonds is 9. The summed E-state index contributed by atoms with van der Waals surface area (Å²) in [6, 6.07) is 12.4. The second-order valence-corrected chi connectivity index (χ2v) is 9.60. The highest BCUT2D eigenvalue weighted by molar-refractivity contribution is 7.86. The summed E-state index contributed by atoms with van der Waals surface area (Å²) in [5.41, 5.74) is 1.94. The molecule has 0 radical (unpaired) electrons. The van der Waals surface area contributed by atoms with Gasteiger partial charge in [0.15, 0.2) is 0 Å². The quantitative estimate of drug-likeness (QED) is 0.585. The average Bonchev–Trinajstić information content (AvgIpc) is 3.27. The van der Waals surface area contributed by atoms with Crippen LogP contribution in [-0.4, -0.2) is 46.0 Å². The third-order valence-corrected chi connectivity index (χ3v) is 6.53. The smallest absolute Gasteiger partial charge is 0.240 e. The molecule has 2 aromatic carbocycles. The Kier molecular flexibility index (Phi) is 8.71. The van der Waals surface area contributed by atoms with Crippen molar-refractivity contribution >= 4 is 39.9 Å². The highest BCUT2D eigenvalue weighted by Crippen LogP contribution is 2.19. The van der Waals surface area contributed by atoms with E-state index in [0.29, 0.717) is 11.4 Å². The van der Waals surface area contributed by atoms with Crippen molar-refractivity contribution in [3.8, 4) is 0 Å². The maximum atomic E-state index is 13.4. The van der Waals surface area contributed by atoms with E-state index in [1.165, 1.54) is 29.2 Å². The molecule has 176 valence electrons. The summed E-state index contributed by atoms with van der Waals surface area (Å²) in [6.45, 7) is 1.65. The second kappa shape index (κ2) is 11.7. The highest BCUT2D eigenvalue weighted by Gasteiger charge is 2.24. The molecule has 1 saturated carbocycles. The summed E-state index contributed by atoms with van der Waals surface area (Å²) < 4.78 is 25.9. The van der Waals surface area contributed by atoms with E-state index in [9.17, 15) is 23.0 Å². The zero-order chi connectivity index (χ0) is 23.8. The van der Waals surface area contributed by atoms with Crippen LogP contribution < -0.4 is 15.5 Å². The number of benzene rings is 2. The number of halogens is 1. The van der Waals surface area contributed by atoms with Crippen LogP contribution in [0, 0.1) is 12.7 Å². The molecule has 0 heterocycles. The molecule has 2 N–H and O–H groups in total. The summed E-state index contributed by atoms with van der Waals surface area (Å²) in [5.74, 6) is -2.65. The molecular formula is C24H28FN3O4S. The van der Waals surface area contributed by atoms with E-state index >= 15 is 0 Å². The predicted molar refractivity (Wildman–Crippen MR) is 127 cm³/mol. The minimum absolute atomic E-state index is 0.0854. The van der Waals surface area contributed by atoms with E-state index < -0.39 is 34.2 Å². The monoisotopic (exact) mass is 473 g/mol. The number of anilines is 2. The zero-order valence-corrected chi connectivity index (χ0v) is 19.3. The fourth-order valence-electron chi connectivity index (χ4n) is 3.68. The Hall–Kier alpha value is -3.07. The van der Waals surface area contributed by atoms with Crippen LogP contribution in [-0.2, 0) is 25.2 Å². The lowest BCUT2D eigenvalue weighted by Gasteiger charge is -2.23. The van der Waals surface area contributed by atoms with Gasteiger partial charge in [-0.3, -0.25) is 18.6 Å². The first-order valence-corrected chi connectivity index (χ1v) is 12.4. The Morgan fingerprint density at radius 2 is 1.61 bits per heavy atom. The Labute approximate surface area is 195 Å². The highest BCUT2D eigenvalue weighted by atomic mass is 32.2. The molecule has 2 aromatic rings. The molecule has 1 aliphatic rings. The van der Waals surface area contributed by atoms with E-state index in [0.717, 1.165) is 31.2 Å². The molecule has 1 unspecified atom stereocenters. The number of nitrogens with zero attached hydrogens (tertiary/aromatic N) is 1. The maximum absolute atomic E-state index is 13.4. The topological polar surface area (TPSA) is 95.6 Å². The number of hydrogen-bond acceptors (Lipinski definition) is 4. The van der Waals surface area contributed by atoms with E-state index in [-0.39, 0.29) is 24.2 Å². The van der Waals surface area contributed by atoms with Crippen LogP contribution in [0.3, 0.4) is 0 Å². The molecule has 7 nitrogen and oxygen atoms in total. The molecule has 3 rings (SSSR count). The minimum Gasteiger partial charge on any atom is -0.352 e. The molecule has 3 amide bonds. The number of carbonyl (C=O) groups is 3. The fraction of sp³-hybridized carbons (Fsp3) is 0.375. The van der Waals surface area contributed by atoms with Crippen molar-refractivity contribution < 1.29 is 23.0 Å². The number of hydrogen-bond donors (Lipinski definition) is 2. The Morgan fingerprint density at radius 1 is 0.970 bits per heavy atom. The maximum Gasteiger partial charge on any atom is 0.240 e. The first kappa shape index (κ1) is 24.6. The van der Waals surface area contributed by atoms with Crippen LogP contribution in [0.15, 0.2) is 48.5 Å². The van der Waals surface area contributed by atoms with Crippen LogP contribution in [0.5, 0.6) is 0 Å². The normalized spacial score (nSPS) is 14.5. The number of aryl methyl sites for hydroxylation is 1. The second-order valence-electron chi connectivity index (χ2n) is 8.15. The van der Waals surface area contributed by atoms with Crippen LogP contribution in [0.1, 0.15) is 31.2 Å². The van der Waals surface area contributed by atoms with Crippen LogP contribution in [0.4, 0.5) is 15.8 Å². The van der Waals surface area contributed by atoms with Crippen LogP contribution in [0.2, 0.25) is 0 Å². The molecule has 1 fully saturated rings. The van der Waals surface area contributed by atoms with Gasteiger partial charge in [-0.1, -0.05) is 30.5 Å². The first-order valence-electron chi connectivity index (χ1n) is 10.9. The minimum atomic E-state index is -1.78. The number of amides is 3. The molecule has 0 spiro atoms. The summed E-state index contributed by atoms with van der Waals surface area (Å²) in [4.78, 5) is 38.8. The third-order valence-electron chi connectivity index (χ3n) is 5.37. The van der Waals surface area contributed by atoms with Crippen LogP contribution >= 0.6 is 0 Å². The summed E-state index contributed by atoms with van der Waals surface area (Å²) in [7, 11) is -1.78. The summed E-state index contributed by atoms with van der Waals surface area (Å²) in [6.07, 6.45) is 3.90. The molecule has 0 saturated heterocycles. The standard InChI is InChI=1S/C24H28FN3O4S/c1-17-6-10-20(11-7-17)27-23(30)15-33(32)16-24(31)28(21-12-8-18(25)9-13-21)14-22(29)26-19-4-2-3-5-19/h6-13,19H,2-5,14-16H2,1H3,(H,26,29)(H,27,30). The fourth-order valence-corrected chi connectivity index (χ4v) is 4.58. The van der Waals surface area contributed by atoms with Crippen molar-refractivity contribution in [3.05, 3.63) is 59.9 Å². The number of nitrogens with one attached hydrogen (secondary N) is 2. The lowest BCUT2D eigenvalue weighted by atomic mass is 10.2. The van der Waals surface area contributed by atoms with E-state index in [2.05, 4.69) is 10.6 Å². The molecule has 33 heavy (non-hydrogen) atoms. The first-order chi connectivity index (χ1) is 15.8. The van der Waals surface area contributed by atoms with Gasteiger partial charge in [-0.25, -0.2) is 4.39 Å². The lowest BCUT2D eigenvalue weighted by molar-refractivity contribution is -0.123. The number of carbonyl (C=O) groups excluding carboxylic acids is 3. The van der Waals surface area contributed by atoms with E-state index in [1.807, 2.05) is 19.1 Å². The van der Waals surface area contributed by atoms with Crippen molar-refractivity contribution in [1.82, 2.24) is 5.32 Å². The van der Waals surface area contributed by atoms with Gasteiger partial charge >= 0.3 is 0 Å². The van der Waals surface area contributed by atoms with Gasteiger partial charge in [0.1, 0.15) is 23.9 Å². The van der Waals surface area contributed by atoms with Gasteiger partial charge in [-0.2, -0.15) is 0 Å². The molecule has 1 aliphatic carbocycles. The molecule has 0 aromatic heterocycles. The third kappa shape index (κ3) is 7.78. The van der Waals surface area contributed by atoms with Crippen molar-refractivity contribution in [2.45, 2.75) is 38.6 Å². The molecular weight excluding hydrogens is 445 g/mol. The molecule has 1 atom stereocenters. The summed E-state index contributed by atoms with van der Waals surface area (Å²) in [5, 5.41) is 5.57. The van der Waals surface area contributed by atoms with E-state index in [1.54, 1.807) is 12.1 Å². The van der Waals surface area contributed by atoms with Gasteiger partial charge in [0, 0.05) is 28.2 Å². The van der Waals surface area contributed by atoms with Gasteiger partial charge in [0.05, 0.1) is 0 Å². The van der Waals surface area contributed by atoms with Gasteiger partial charge in [0.25, 0.3) is 0 Å². The Morgan fingerprint density at radius 3 is 2.24 bits per heavy atom. The van der Waals surface area contributed by atoms with Gasteiger partial charge in [-0.15, -0.1) is 0 Å². The Bertz CT molecular complexity index is 1010. The van der Waals surface area contributed by atoms with Crippen molar-refractivity contribution in [2.75, 3.05) is 28.3 Å².